The number of para-hydroxylation sites is 1. The second kappa shape index (κ2) is 5.19. The van der Waals surface area contributed by atoms with E-state index in [1.54, 1.807) is 7.11 Å². The maximum absolute atomic E-state index is 11.9. The molecule has 2 rings (SSSR count). The molecule has 4 nitrogen and oxygen atoms in total. The van der Waals surface area contributed by atoms with E-state index in [4.69, 9.17) is 9.47 Å². The minimum atomic E-state index is -0.272. The van der Waals surface area contributed by atoms with Gasteiger partial charge in [0, 0.05) is 19.2 Å². The van der Waals surface area contributed by atoms with Crippen LogP contribution in [-0.4, -0.2) is 31.8 Å². The van der Waals surface area contributed by atoms with E-state index in [-0.39, 0.29) is 18.1 Å². The van der Waals surface area contributed by atoms with Gasteiger partial charge in [-0.2, -0.15) is 0 Å². The molecule has 0 bridgehead atoms. The number of hydrogen-bond donors (Lipinski definition) is 1. The van der Waals surface area contributed by atoms with E-state index in [0.29, 0.717) is 13.0 Å². The van der Waals surface area contributed by atoms with Crippen molar-refractivity contribution in [3.63, 3.8) is 0 Å². The fourth-order valence-corrected chi connectivity index (χ4v) is 1.99. The number of carbonyl (C=O) groups excluding carboxylic acids is 1. The average molecular weight is 235 g/mol. The summed E-state index contributed by atoms with van der Waals surface area (Å²) in [6.45, 7) is 2.24. The summed E-state index contributed by atoms with van der Waals surface area (Å²) in [4.78, 5) is 11.9. The molecule has 92 valence electrons. The van der Waals surface area contributed by atoms with Gasteiger partial charge in [-0.25, -0.2) is 4.79 Å². The van der Waals surface area contributed by atoms with Gasteiger partial charge in [-0.15, -0.1) is 0 Å². The van der Waals surface area contributed by atoms with Crippen LogP contribution >= 0.6 is 0 Å². The molecule has 1 heterocycles. The number of rotatable bonds is 4. The topological polar surface area (TPSA) is 47.6 Å². The molecule has 0 fully saturated rings. The van der Waals surface area contributed by atoms with Gasteiger partial charge in [-0.3, -0.25) is 0 Å². The van der Waals surface area contributed by atoms with Crippen LogP contribution in [0.2, 0.25) is 0 Å². The molecule has 1 aliphatic heterocycles. The van der Waals surface area contributed by atoms with Crippen LogP contribution in [0.4, 0.5) is 5.69 Å². The number of carbonyl (C=O) groups is 1. The van der Waals surface area contributed by atoms with Crippen LogP contribution in [0, 0.1) is 0 Å². The second-order valence-corrected chi connectivity index (χ2v) is 4.26. The third kappa shape index (κ3) is 2.77. The third-order valence-electron chi connectivity index (χ3n) is 2.77. The van der Waals surface area contributed by atoms with E-state index >= 15 is 0 Å². The third-order valence-corrected chi connectivity index (χ3v) is 2.77. The Hall–Kier alpha value is -1.55. The Morgan fingerprint density at radius 2 is 2.29 bits per heavy atom. The molecule has 0 saturated heterocycles. The number of methoxy groups -OCH3 is 1. The molecule has 0 aromatic heterocycles. The normalized spacial score (nSPS) is 19.3. The summed E-state index contributed by atoms with van der Waals surface area (Å²) in [6, 6.07) is 7.65. The van der Waals surface area contributed by atoms with Gasteiger partial charge in [0.15, 0.2) is 0 Å². The Balaban J connectivity index is 1.92. The molecular weight excluding hydrogens is 218 g/mol. The predicted octanol–water partition coefficient (Wildman–Crippen LogP) is 1.60. The van der Waals surface area contributed by atoms with Crippen LogP contribution in [0.1, 0.15) is 12.5 Å². The van der Waals surface area contributed by atoms with E-state index < -0.39 is 0 Å². The molecule has 0 amide bonds. The molecule has 0 radical (unpaired) electrons. The van der Waals surface area contributed by atoms with Crippen molar-refractivity contribution < 1.29 is 14.3 Å². The van der Waals surface area contributed by atoms with Crippen molar-refractivity contribution in [3.05, 3.63) is 29.8 Å². The summed E-state index contributed by atoms with van der Waals surface area (Å²) < 4.78 is 10.2. The number of esters is 1. The molecule has 0 aliphatic carbocycles. The van der Waals surface area contributed by atoms with Crippen LogP contribution in [-0.2, 0) is 20.7 Å². The van der Waals surface area contributed by atoms with E-state index in [1.807, 2.05) is 31.2 Å². The van der Waals surface area contributed by atoms with Gasteiger partial charge in [-0.05, 0) is 18.6 Å². The van der Waals surface area contributed by atoms with E-state index in [1.165, 1.54) is 0 Å². The molecule has 17 heavy (non-hydrogen) atoms. The molecule has 0 spiro atoms. The zero-order valence-electron chi connectivity index (χ0n) is 10.1. The highest BCUT2D eigenvalue weighted by atomic mass is 16.6. The van der Waals surface area contributed by atoms with Crippen molar-refractivity contribution in [3.8, 4) is 0 Å². The van der Waals surface area contributed by atoms with Gasteiger partial charge >= 0.3 is 5.97 Å². The monoisotopic (exact) mass is 235 g/mol. The number of nitrogens with one attached hydrogen (secondary N) is 1. The zero-order chi connectivity index (χ0) is 12.3. The standard InChI is InChI=1S/C13H17NO3/c1-9(8-16-2)17-13(15)12-7-10-5-3-4-6-11(10)14-12/h3-6,9,12,14H,7-8H2,1-2H3. The summed E-state index contributed by atoms with van der Waals surface area (Å²) in [7, 11) is 1.59. The highest BCUT2D eigenvalue weighted by Gasteiger charge is 2.28. The van der Waals surface area contributed by atoms with Gasteiger partial charge in [0.25, 0.3) is 0 Å². The lowest BCUT2D eigenvalue weighted by Crippen LogP contribution is -2.32. The highest BCUT2D eigenvalue weighted by Crippen LogP contribution is 2.25. The first kappa shape index (κ1) is 11.9. The van der Waals surface area contributed by atoms with E-state index in [0.717, 1.165) is 11.3 Å². The predicted molar refractivity (Wildman–Crippen MR) is 65.0 cm³/mol. The summed E-state index contributed by atoms with van der Waals surface area (Å²) in [5.41, 5.74) is 2.18. The Labute approximate surface area is 101 Å². The first-order valence-electron chi connectivity index (χ1n) is 5.74. The lowest BCUT2D eigenvalue weighted by Gasteiger charge is -2.16. The largest absolute Gasteiger partial charge is 0.459 e. The maximum atomic E-state index is 11.9. The fourth-order valence-electron chi connectivity index (χ4n) is 1.99. The van der Waals surface area contributed by atoms with Crippen molar-refractivity contribution >= 4 is 11.7 Å². The quantitative estimate of drug-likeness (QED) is 0.805. The van der Waals surface area contributed by atoms with Crippen LogP contribution < -0.4 is 5.32 Å². The van der Waals surface area contributed by atoms with E-state index in [9.17, 15) is 4.79 Å². The van der Waals surface area contributed by atoms with Gasteiger partial charge < -0.3 is 14.8 Å². The van der Waals surface area contributed by atoms with Crippen LogP contribution in [0.3, 0.4) is 0 Å². The van der Waals surface area contributed by atoms with Gasteiger partial charge in [0.05, 0.1) is 6.61 Å². The fraction of sp³-hybridized carbons (Fsp3) is 0.462. The minimum absolute atomic E-state index is 0.210. The summed E-state index contributed by atoms with van der Waals surface area (Å²) in [6.07, 6.45) is 0.479. The van der Waals surface area contributed by atoms with Crippen molar-refractivity contribution in [2.45, 2.75) is 25.5 Å². The molecule has 1 aromatic rings. The van der Waals surface area contributed by atoms with Gasteiger partial charge in [0.2, 0.25) is 0 Å². The summed E-state index contributed by atoms with van der Waals surface area (Å²) >= 11 is 0. The van der Waals surface area contributed by atoms with Crippen molar-refractivity contribution in [1.82, 2.24) is 0 Å². The summed E-state index contributed by atoms with van der Waals surface area (Å²) in [5.74, 6) is -0.217. The Morgan fingerprint density at radius 3 is 3.00 bits per heavy atom. The lowest BCUT2D eigenvalue weighted by atomic mass is 10.1. The SMILES string of the molecule is COCC(C)OC(=O)C1Cc2ccccc2N1. The van der Waals surface area contributed by atoms with Gasteiger partial charge in [-0.1, -0.05) is 18.2 Å². The van der Waals surface area contributed by atoms with Crippen LogP contribution in [0.25, 0.3) is 0 Å². The maximum Gasteiger partial charge on any atom is 0.329 e. The zero-order valence-corrected chi connectivity index (χ0v) is 10.1. The molecule has 1 N–H and O–H groups in total. The van der Waals surface area contributed by atoms with Crippen molar-refractivity contribution in [2.75, 3.05) is 19.0 Å². The molecule has 2 atom stereocenters. The minimum Gasteiger partial charge on any atom is -0.459 e. The Morgan fingerprint density at radius 1 is 1.53 bits per heavy atom. The number of anilines is 1. The molecule has 4 heteroatoms. The molecule has 0 saturated carbocycles. The number of fused-ring (bicyclic) bond motifs is 1. The van der Waals surface area contributed by atoms with Crippen molar-refractivity contribution in [2.24, 2.45) is 0 Å². The average Bonchev–Trinajstić information content (AvgIpc) is 2.72. The number of benzene rings is 1. The van der Waals surface area contributed by atoms with Gasteiger partial charge in [0.1, 0.15) is 12.1 Å². The first-order valence-corrected chi connectivity index (χ1v) is 5.74. The number of hydrogen-bond acceptors (Lipinski definition) is 4. The summed E-state index contributed by atoms with van der Waals surface area (Å²) in [5, 5.41) is 3.17. The smallest absolute Gasteiger partial charge is 0.329 e. The second-order valence-electron chi connectivity index (χ2n) is 4.26. The van der Waals surface area contributed by atoms with Crippen LogP contribution in [0.15, 0.2) is 24.3 Å². The highest BCUT2D eigenvalue weighted by molar-refractivity contribution is 5.82. The molecule has 1 aromatic carbocycles. The number of ether oxygens (including phenoxy) is 2. The molecule has 2 unspecified atom stereocenters. The van der Waals surface area contributed by atoms with Crippen LogP contribution in [0.5, 0.6) is 0 Å². The Kier molecular flexibility index (Phi) is 3.64. The first-order chi connectivity index (χ1) is 8.20. The molecular formula is C13H17NO3. The Bertz CT molecular complexity index is 380. The van der Waals surface area contributed by atoms with E-state index in [2.05, 4.69) is 5.32 Å². The molecule has 1 aliphatic rings. The lowest BCUT2D eigenvalue weighted by molar-refractivity contribution is -0.151. The van der Waals surface area contributed by atoms with Crippen molar-refractivity contribution in [1.29, 1.82) is 0 Å².